The van der Waals surface area contributed by atoms with E-state index in [0.29, 0.717) is 0 Å². The van der Waals surface area contributed by atoms with Crippen LogP contribution in [0.4, 0.5) is 0 Å². The third kappa shape index (κ3) is 1.98. The summed E-state index contributed by atoms with van der Waals surface area (Å²) in [7, 11) is 3.93. The van der Waals surface area contributed by atoms with E-state index in [9.17, 15) is 0 Å². The summed E-state index contributed by atoms with van der Waals surface area (Å²) < 4.78 is 0. The average molecular weight is 126 g/mol. The molecule has 1 nitrogen and oxygen atoms in total. The molecule has 0 bridgehead atoms. The van der Waals surface area contributed by atoms with Gasteiger partial charge in [-0.3, -0.25) is 7.05 Å². The van der Waals surface area contributed by atoms with Crippen LogP contribution in [-0.4, -0.2) is 18.0 Å². The SMILES string of the molecule is [CH2-]N1C[C@H](C)C[C@H](C)C1. The lowest BCUT2D eigenvalue weighted by Gasteiger charge is -2.37. The molecular weight excluding hydrogens is 110 g/mol. The van der Waals surface area contributed by atoms with E-state index >= 15 is 0 Å². The third-order valence-electron chi connectivity index (χ3n) is 1.94. The summed E-state index contributed by atoms with van der Waals surface area (Å²) in [5.74, 6) is 1.71. The smallest absolute Gasteiger partial charge is 0.0277 e. The van der Waals surface area contributed by atoms with Gasteiger partial charge in [0.25, 0.3) is 0 Å². The molecule has 1 aliphatic heterocycles. The van der Waals surface area contributed by atoms with Gasteiger partial charge in [-0.25, -0.2) is 0 Å². The fourth-order valence-corrected chi connectivity index (χ4v) is 1.79. The summed E-state index contributed by atoms with van der Waals surface area (Å²) in [5.41, 5.74) is 0. The van der Waals surface area contributed by atoms with Crippen molar-refractivity contribution in [3.8, 4) is 0 Å². The van der Waals surface area contributed by atoms with Crippen LogP contribution in [0, 0.1) is 18.9 Å². The number of piperidine rings is 1. The predicted octanol–water partition coefficient (Wildman–Crippen LogP) is 1.76. The predicted molar refractivity (Wildman–Crippen MR) is 39.9 cm³/mol. The second-order valence-corrected chi connectivity index (χ2v) is 3.48. The molecule has 1 saturated heterocycles. The van der Waals surface area contributed by atoms with Crippen molar-refractivity contribution in [1.82, 2.24) is 4.90 Å². The first-order valence-corrected chi connectivity index (χ1v) is 3.74. The molecule has 1 rings (SSSR count). The summed E-state index contributed by atoms with van der Waals surface area (Å²) in [6, 6.07) is 0. The lowest BCUT2D eigenvalue weighted by Crippen LogP contribution is -2.34. The molecule has 9 heavy (non-hydrogen) atoms. The Morgan fingerprint density at radius 2 is 1.67 bits per heavy atom. The molecule has 0 spiro atoms. The molecule has 0 radical (unpaired) electrons. The maximum absolute atomic E-state index is 3.93. The van der Waals surface area contributed by atoms with Crippen LogP contribution < -0.4 is 0 Å². The van der Waals surface area contributed by atoms with Crippen molar-refractivity contribution in [2.75, 3.05) is 13.1 Å². The van der Waals surface area contributed by atoms with Gasteiger partial charge in [0.15, 0.2) is 0 Å². The van der Waals surface area contributed by atoms with Gasteiger partial charge < -0.3 is 4.90 Å². The van der Waals surface area contributed by atoms with E-state index in [4.69, 9.17) is 0 Å². The van der Waals surface area contributed by atoms with Crippen LogP contribution in [0.3, 0.4) is 0 Å². The molecule has 0 N–H and O–H groups in total. The molecule has 1 fully saturated rings. The van der Waals surface area contributed by atoms with Crippen LogP contribution in [0.15, 0.2) is 0 Å². The minimum atomic E-state index is 0.853. The minimum absolute atomic E-state index is 0.853. The monoisotopic (exact) mass is 126 g/mol. The summed E-state index contributed by atoms with van der Waals surface area (Å²) >= 11 is 0. The van der Waals surface area contributed by atoms with Crippen LogP contribution in [0.25, 0.3) is 0 Å². The normalized spacial score (nSPS) is 39.0. The Kier molecular flexibility index (Phi) is 2.12. The molecule has 2 atom stereocenters. The third-order valence-corrected chi connectivity index (χ3v) is 1.94. The Hall–Kier alpha value is -0.0400. The summed E-state index contributed by atoms with van der Waals surface area (Å²) in [6.45, 7) is 6.97. The maximum atomic E-state index is 3.93. The van der Waals surface area contributed by atoms with E-state index in [0.717, 1.165) is 11.8 Å². The Bertz CT molecular complexity index is 65.5. The molecule has 0 aromatic heterocycles. The standard InChI is InChI=1S/C8H16N/c1-7-4-8(2)6-9(3)5-7/h7-8H,3-6H2,1-2H3/q-1/t7-,8+. The molecular formula is C8H16N-. The van der Waals surface area contributed by atoms with Gasteiger partial charge in [0.1, 0.15) is 0 Å². The van der Waals surface area contributed by atoms with E-state index in [1.54, 1.807) is 0 Å². The minimum Gasteiger partial charge on any atom is -0.459 e. The summed E-state index contributed by atoms with van der Waals surface area (Å²) in [5, 5.41) is 0. The van der Waals surface area contributed by atoms with Crippen molar-refractivity contribution >= 4 is 0 Å². The van der Waals surface area contributed by atoms with Crippen LogP contribution in [0.5, 0.6) is 0 Å². The number of rotatable bonds is 0. The molecule has 0 saturated carbocycles. The van der Waals surface area contributed by atoms with Crippen LogP contribution in [-0.2, 0) is 0 Å². The highest BCUT2D eigenvalue weighted by molar-refractivity contribution is 4.73. The Labute approximate surface area is 58.0 Å². The summed E-state index contributed by atoms with van der Waals surface area (Å²) in [6.07, 6.45) is 1.38. The maximum Gasteiger partial charge on any atom is -0.0277 e. The lowest BCUT2D eigenvalue weighted by molar-refractivity contribution is 0.189. The van der Waals surface area contributed by atoms with Gasteiger partial charge in [0, 0.05) is 0 Å². The molecule has 0 aromatic rings. The number of likely N-dealkylation sites (tertiary alicyclic amines) is 1. The lowest BCUT2D eigenvalue weighted by atomic mass is 9.92. The Morgan fingerprint density at radius 3 is 2.00 bits per heavy atom. The molecule has 1 heteroatoms. The van der Waals surface area contributed by atoms with Crippen LogP contribution in [0.2, 0.25) is 0 Å². The topological polar surface area (TPSA) is 3.24 Å². The van der Waals surface area contributed by atoms with Gasteiger partial charge in [-0.15, -0.1) is 0 Å². The number of nitrogens with zero attached hydrogens (tertiary/aromatic N) is 1. The van der Waals surface area contributed by atoms with Crippen molar-refractivity contribution in [3.05, 3.63) is 7.05 Å². The second kappa shape index (κ2) is 2.70. The van der Waals surface area contributed by atoms with Gasteiger partial charge in [-0.2, -0.15) is 0 Å². The number of hydrogen-bond acceptors (Lipinski definition) is 1. The van der Waals surface area contributed by atoms with Crippen molar-refractivity contribution in [2.24, 2.45) is 11.8 Å². The van der Waals surface area contributed by atoms with Crippen molar-refractivity contribution < 1.29 is 0 Å². The van der Waals surface area contributed by atoms with Crippen molar-refractivity contribution in [3.63, 3.8) is 0 Å². The second-order valence-electron chi connectivity index (χ2n) is 3.48. The molecule has 0 amide bonds. The van der Waals surface area contributed by atoms with Gasteiger partial charge in [0.2, 0.25) is 0 Å². The van der Waals surface area contributed by atoms with Gasteiger partial charge in [-0.1, -0.05) is 13.8 Å². The molecule has 0 aliphatic carbocycles. The van der Waals surface area contributed by atoms with E-state index in [-0.39, 0.29) is 0 Å². The van der Waals surface area contributed by atoms with Crippen molar-refractivity contribution in [2.45, 2.75) is 20.3 Å². The Balaban J connectivity index is 2.34. The molecule has 0 unspecified atom stereocenters. The van der Waals surface area contributed by atoms with E-state index in [1.165, 1.54) is 19.5 Å². The molecule has 0 aromatic carbocycles. The fourth-order valence-electron chi connectivity index (χ4n) is 1.79. The van der Waals surface area contributed by atoms with E-state index in [1.807, 2.05) is 0 Å². The zero-order chi connectivity index (χ0) is 6.85. The van der Waals surface area contributed by atoms with E-state index < -0.39 is 0 Å². The molecule has 1 heterocycles. The first-order valence-electron chi connectivity index (χ1n) is 3.74. The molecule has 54 valence electrons. The van der Waals surface area contributed by atoms with Gasteiger partial charge >= 0.3 is 0 Å². The highest BCUT2D eigenvalue weighted by Gasteiger charge is 2.14. The highest BCUT2D eigenvalue weighted by atomic mass is 15.1. The zero-order valence-corrected chi connectivity index (χ0v) is 6.43. The quantitative estimate of drug-likeness (QED) is 0.447. The van der Waals surface area contributed by atoms with Crippen molar-refractivity contribution in [1.29, 1.82) is 0 Å². The average Bonchev–Trinajstić information content (AvgIpc) is 1.59. The van der Waals surface area contributed by atoms with E-state index in [2.05, 4.69) is 25.8 Å². The first kappa shape index (κ1) is 7.07. The van der Waals surface area contributed by atoms with Gasteiger partial charge in [-0.05, 0) is 31.3 Å². The van der Waals surface area contributed by atoms with Crippen LogP contribution >= 0.6 is 0 Å². The summed E-state index contributed by atoms with van der Waals surface area (Å²) in [4.78, 5) is 2.18. The number of hydrogen-bond donors (Lipinski definition) is 0. The zero-order valence-electron chi connectivity index (χ0n) is 6.43. The highest BCUT2D eigenvalue weighted by Crippen LogP contribution is 2.19. The molecule has 1 aliphatic rings. The largest absolute Gasteiger partial charge is 0.459 e. The fraction of sp³-hybridized carbons (Fsp3) is 0.875. The van der Waals surface area contributed by atoms with Gasteiger partial charge in [0.05, 0.1) is 0 Å². The Morgan fingerprint density at radius 1 is 1.22 bits per heavy atom. The first-order chi connectivity index (χ1) is 4.18. The van der Waals surface area contributed by atoms with Crippen LogP contribution in [0.1, 0.15) is 20.3 Å².